The molecule has 2 aromatic rings. The molecule has 4 heterocycles. The van der Waals surface area contributed by atoms with Crippen molar-refractivity contribution in [2.75, 3.05) is 26.2 Å². The molecule has 2 aromatic heterocycles. The summed E-state index contributed by atoms with van der Waals surface area (Å²) in [6.45, 7) is 5.08. The third-order valence-electron chi connectivity index (χ3n) is 5.23. The normalized spacial score (nSPS) is 17.1. The molecule has 0 atom stereocenters. The van der Waals surface area contributed by atoms with Gasteiger partial charge >= 0.3 is 0 Å². The molecule has 0 unspecified atom stereocenters. The molecule has 0 aromatic carbocycles. The molecule has 2 aliphatic heterocycles. The molecule has 0 saturated carbocycles. The molecular formula is C18H24N6O2S. The van der Waals surface area contributed by atoms with Gasteiger partial charge in [0, 0.05) is 38.4 Å². The van der Waals surface area contributed by atoms with E-state index in [1.54, 1.807) is 9.80 Å². The summed E-state index contributed by atoms with van der Waals surface area (Å²) in [5.41, 5.74) is 2.47. The van der Waals surface area contributed by atoms with E-state index in [-0.39, 0.29) is 11.8 Å². The van der Waals surface area contributed by atoms with E-state index < -0.39 is 0 Å². The summed E-state index contributed by atoms with van der Waals surface area (Å²) in [5, 5.41) is 8.57. The summed E-state index contributed by atoms with van der Waals surface area (Å²) < 4.78 is 5.90. The Morgan fingerprint density at radius 1 is 1.07 bits per heavy atom. The average molecular weight is 388 g/mol. The number of rotatable bonds is 4. The average Bonchev–Trinajstić information content (AvgIpc) is 3.34. The van der Waals surface area contributed by atoms with Crippen LogP contribution in [0.25, 0.3) is 0 Å². The molecule has 0 N–H and O–H groups in total. The van der Waals surface area contributed by atoms with Gasteiger partial charge in [0.25, 0.3) is 11.8 Å². The summed E-state index contributed by atoms with van der Waals surface area (Å²) in [4.78, 5) is 29.8. The van der Waals surface area contributed by atoms with Gasteiger partial charge in [-0.3, -0.25) is 14.3 Å². The maximum atomic E-state index is 12.8. The molecule has 0 bridgehead atoms. The molecule has 144 valence electrons. The zero-order chi connectivity index (χ0) is 18.8. The highest BCUT2D eigenvalue weighted by atomic mass is 32.1. The Balaban J connectivity index is 1.38. The summed E-state index contributed by atoms with van der Waals surface area (Å²) >= 11 is 1.16. The molecule has 0 spiro atoms. The Morgan fingerprint density at radius 3 is 2.52 bits per heavy atom. The number of carbonyl (C=O) groups is 2. The lowest BCUT2D eigenvalue weighted by molar-refractivity contribution is 0.0533. The lowest BCUT2D eigenvalue weighted by atomic mass is 10.1. The number of hydrogen-bond acceptors (Lipinski definition) is 6. The van der Waals surface area contributed by atoms with E-state index in [0.29, 0.717) is 36.8 Å². The van der Waals surface area contributed by atoms with E-state index in [1.165, 1.54) is 0 Å². The van der Waals surface area contributed by atoms with Crippen molar-refractivity contribution in [3.63, 3.8) is 0 Å². The van der Waals surface area contributed by atoms with Gasteiger partial charge in [0.05, 0.1) is 5.69 Å². The lowest BCUT2D eigenvalue weighted by Crippen LogP contribution is -2.50. The number of nitrogens with zero attached hydrogens (tertiary/aromatic N) is 6. The highest BCUT2D eigenvalue weighted by Crippen LogP contribution is 2.19. The highest BCUT2D eigenvalue weighted by molar-refractivity contribution is 7.08. The molecule has 8 nitrogen and oxygen atoms in total. The molecule has 1 saturated heterocycles. The van der Waals surface area contributed by atoms with Crippen LogP contribution in [0, 0.1) is 0 Å². The predicted molar refractivity (Wildman–Crippen MR) is 101 cm³/mol. The number of carbonyl (C=O) groups excluding carboxylic acids is 2. The number of hydrogen-bond donors (Lipinski definition) is 0. The van der Waals surface area contributed by atoms with Gasteiger partial charge in [-0.25, -0.2) is 0 Å². The molecule has 0 aliphatic carbocycles. The van der Waals surface area contributed by atoms with Crippen LogP contribution in [0.2, 0.25) is 0 Å². The Hall–Kier alpha value is -2.29. The number of aryl methyl sites for hydroxylation is 3. The van der Waals surface area contributed by atoms with Crippen LogP contribution in [0.4, 0.5) is 0 Å². The van der Waals surface area contributed by atoms with E-state index in [0.717, 1.165) is 61.6 Å². The van der Waals surface area contributed by atoms with Crippen molar-refractivity contribution in [2.24, 2.45) is 0 Å². The van der Waals surface area contributed by atoms with Gasteiger partial charge in [0.2, 0.25) is 0 Å². The van der Waals surface area contributed by atoms with Gasteiger partial charge in [0.15, 0.2) is 5.69 Å². The molecule has 9 heteroatoms. The fraction of sp³-hybridized carbons (Fsp3) is 0.611. The van der Waals surface area contributed by atoms with Crippen LogP contribution < -0.4 is 0 Å². The maximum absolute atomic E-state index is 12.8. The first-order chi connectivity index (χ1) is 13.2. The third kappa shape index (κ3) is 3.60. The van der Waals surface area contributed by atoms with E-state index in [2.05, 4.69) is 21.6 Å². The minimum atomic E-state index is -0.0323. The van der Waals surface area contributed by atoms with E-state index in [9.17, 15) is 9.59 Å². The van der Waals surface area contributed by atoms with Gasteiger partial charge in [0.1, 0.15) is 4.88 Å². The van der Waals surface area contributed by atoms with Crippen LogP contribution >= 0.6 is 11.5 Å². The van der Waals surface area contributed by atoms with Crippen molar-refractivity contribution >= 4 is 23.3 Å². The number of aromatic nitrogens is 4. The van der Waals surface area contributed by atoms with Crippen LogP contribution in [0.15, 0.2) is 6.07 Å². The van der Waals surface area contributed by atoms with Crippen LogP contribution in [-0.2, 0) is 19.4 Å². The van der Waals surface area contributed by atoms with E-state index >= 15 is 0 Å². The van der Waals surface area contributed by atoms with E-state index in [1.807, 2.05) is 10.7 Å². The SMILES string of the molecule is CCCc1nnsc1C(=O)N1CCN(C(=O)c2cc3n(n2)CCCC3)CC1. The second-order valence-electron chi connectivity index (χ2n) is 7.08. The van der Waals surface area contributed by atoms with Crippen LogP contribution in [0.1, 0.15) is 57.7 Å². The summed E-state index contributed by atoms with van der Waals surface area (Å²) in [6, 6.07) is 1.93. The summed E-state index contributed by atoms with van der Waals surface area (Å²) in [7, 11) is 0. The van der Waals surface area contributed by atoms with Crippen LogP contribution in [-0.4, -0.2) is 67.2 Å². The second kappa shape index (κ2) is 7.75. The van der Waals surface area contributed by atoms with Gasteiger partial charge < -0.3 is 9.80 Å². The largest absolute Gasteiger partial charge is 0.334 e. The van der Waals surface area contributed by atoms with Crippen molar-refractivity contribution in [3.8, 4) is 0 Å². The quantitative estimate of drug-likeness (QED) is 0.795. The molecule has 2 aliphatic rings. The number of amides is 2. The Kier molecular flexibility index (Phi) is 5.20. The van der Waals surface area contributed by atoms with Gasteiger partial charge in [-0.1, -0.05) is 17.8 Å². The van der Waals surface area contributed by atoms with Gasteiger partial charge in [-0.2, -0.15) is 5.10 Å². The number of piperazine rings is 1. The highest BCUT2D eigenvalue weighted by Gasteiger charge is 2.29. The Labute approximate surface area is 162 Å². The maximum Gasteiger partial charge on any atom is 0.274 e. The zero-order valence-corrected chi connectivity index (χ0v) is 16.4. The summed E-state index contributed by atoms with van der Waals surface area (Å²) in [5.74, 6) is -0.0480. The first kappa shape index (κ1) is 18.1. The van der Waals surface area contributed by atoms with Crippen molar-refractivity contribution in [1.29, 1.82) is 0 Å². The molecule has 2 amide bonds. The van der Waals surface area contributed by atoms with Crippen LogP contribution in [0.3, 0.4) is 0 Å². The molecule has 4 rings (SSSR count). The minimum Gasteiger partial charge on any atom is -0.334 e. The molecular weight excluding hydrogens is 364 g/mol. The molecule has 27 heavy (non-hydrogen) atoms. The van der Waals surface area contributed by atoms with Gasteiger partial charge in [-0.15, -0.1) is 5.10 Å². The minimum absolute atomic E-state index is 0.0157. The number of fused-ring (bicyclic) bond motifs is 1. The van der Waals surface area contributed by atoms with Crippen molar-refractivity contribution in [3.05, 3.63) is 28.0 Å². The fourth-order valence-corrected chi connectivity index (χ4v) is 4.39. The predicted octanol–water partition coefficient (Wildman–Crippen LogP) is 1.62. The molecule has 0 radical (unpaired) electrons. The summed E-state index contributed by atoms with van der Waals surface area (Å²) in [6.07, 6.45) is 4.97. The second-order valence-corrected chi connectivity index (χ2v) is 7.84. The van der Waals surface area contributed by atoms with E-state index in [4.69, 9.17) is 0 Å². The van der Waals surface area contributed by atoms with Crippen molar-refractivity contribution < 1.29 is 9.59 Å². The monoisotopic (exact) mass is 388 g/mol. The van der Waals surface area contributed by atoms with Crippen molar-refractivity contribution in [1.82, 2.24) is 29.2 Å². The standard InChI is InChI=1S/C18H24N6O2S/c1-2-5-14-16(27-21-19-14)18(26)23-10-8-22(9-11-23)17(25)15-12-13-6-3-4-7-24(13)20-15/h12H,2-11H2,1H3. The smallest absolute Gasteiger partial charge is 0.274 e. The topological polar surface area (TPSA) is 84.2 Å². The fourth-order valence-electron chi connectivity index (χ4n) is 3.71. The van der Waals surface area contributed by atoms with Crippen molar-refractivity contribution in [2.45, 2.75) is 45.6 Å². The van der Waals surface area contributed by atoms with Gasteiger partial charge in [-0.05, 0) is 43.3 Å². The van der Waals surface area contributed by atoms with Crippen LogP contribution in [0.5, 0.6) is 0 Å². The first-order valence-electron chi connectivity index (χ1n) is 9.64. The lowest BCUT2D eigenvalue weighted by Gasteiger charge is -2.34. The Bertz CT molecular complexity index is 813. The Morgan fingerprint density at radius 2 is 1.81 bits per heavy atom. The molecule has 1 fully saturated rings. The zero-order valence-electron chi connectivity index (χ0n) is 15.6. The third-order valence-corrected chi connectivity index (χ3v) is 5.98. The first-order valence-corrected chi connectivity index (χ1v) is 10.4.